The van der Waals surface area contributed by atoms with Gasteiger partial charge in [0.15, 0.2) is 5.82 Å². The normalized spacial score (nSPS) is 10.8. The van der Waals surface area contributed by atoms with Gasteiger partial charge in [-0.2, -0.15) is 4.98 Å². The van der Waals surface area contributed by atoms with Crippen LogP contribution < -0.4 is 10.5 Å². The lowest BCUT2D eigenvalue weighted by molar-refractivity contribution is 0.469. The van der Waals surface area contributed by atoms with E-state index in [1.807, 2.05) is 42.5 Å². The number of fused-ring (bicyclic) bond motifs is 1. The van der Waals surface area contributed by atoms with Crippen LogP contribution in [0.4, 0.5) is 5.69 Å². The van der Waals surface area contributed by atoms with Crippen molar-refractivity contribution in [3.8, 4) is 17.4 Å². The molecule has 0 unspecified atom stereocenters. The molecule has 6 heteroatoms. The minimum absolute atomic E-state index is 0.319. The number of aromatic nitrogens is 4. The van der Waals surface area contributed by atoms with Crippen molar-refractivity contribution in [2.24, 2.45) is 0 Å². The molecular formula is C17H13N5O. The van der Waals surface area contributed by atoms with Crippen LogP contribution in [0.15, 0.2) is 67.5 Å². The van der Waals surface area contributed by atoms with Crippen LogP contribution in [0.5, 0.6) is 11.6 Å². The van der Waals surface area contributed by atoms with E-state index in [0.29, 0.717) is 23.1 Å². The van der Waals surface area contributed by atoms with Crippen molar-refractivity contribution < 1.29 is 4.74 Å². The van der Waals surface area contributed by atoms with E-state index in [4.69, 9.17) is 10.5 Å². The molecule has 0 aliphatic rings. The van der Waals surface area contributed by atoms with E-state index >= 15 is 0 Å². The second kappa shape index (κ2) is 5.42. The molecule has 112 valence electrons. The zero-order valence-corrected chi connectivity index (χ0v) is 12.1. The smallest absolute Gasteiger partial charge is 0.248 e. The highest BCUT2D eigenvalue weighted by Crippen LogP contribution is 2.32. The number of anilines is 1. The molecule has 6 nitrogen and oxygen atoms in total. The van der Waals surface area contributed by atoms with Crippen molar-refractivity contribution in [3.05, 3.63) is 67.5 Å². The summed E-state index contributed by atoms with van der Waals surface area (Å²) in [6, 6.07) is 13.8. The third kappa shape index (κ3) is 2.36. The van der Waals surface area contributed by atoms with E-state index in [9.17, 15) is 0 Å². The number of nitrogen functional groups attached to an aromatic ring is 1. The molecule has 4 rings (SSSR count). The fraction of sp³-hybridized carbons (Fsp3) is 0. The number of rotatable bonds is 3. The molecule has 0 saturated heterocycles. The second-order valence-corrected chi connectivity index (χ2v) is 4.97. The van der Waals surface area contributed by atoms with Gasteiger partial charge in [-0.05, 0) is 11.5 Å². The summed E-state index contributed by atoms with van der Waals surface area (Å²) in [4.78, 5) is 12.4. The lowest BCUT2D eigenvalue weighted by Crippen LogP contribution is -2.04. The molecule has 0 amide bonds. The van der Waals surface area contributed by atoms with Crippen molar-refractivity contribution >= 4 is 16.5 Å². The Morgan fingerprint density at radius 1 is 1.00 bits per heavy atom. The van der Waals surface area contributed by atoms with Gasteiger partial charge >= 0.3 is 0 Å². The Morgan fingerprint density at radius 2 is 1.87 bits per heavy atom. The van der Waals surface area contributed by atoms with Gasteiger partial charge in [-0.1, -0.05) is 36.4 Å². The Balaban J connectivity index is 1.78. The van der Waals surface area contributed by atoms with Gasteiger partial charge in [0.2, 0.25) is 5.88 Å². The first-order chi connectivity index (χ1) is 11.3. The van der Waals surface area contributed by atoms with Crippen LogP contribution in [-0.4, -0.2) is 19.5 Å². The summed E-state index contributed by atoms with van der Waals surface area (Å²) in [5.74, 6) is 1.55. The average Bonchev–Trinajstić information content (AvgIpc) is 3.11. The molecule has 0 saturated carbocycles. The van der Waals surface area contributed by atoms with E-state index in [1.165, 1.54) is 6.33 Å². The third-order valence-electron chi connectivity index (χ3n) is 3.53. The van der Waals surface area contributed by atoms with E-state index in [-0.39, 0.29) is 0 Å². The largest absolute Gasteiger partial charge is 0.436 e. The summed E-state index contributed by atoms with van der Waals surface area (Å²) in [7, 11) is 0. The van der Waals surface area contributed by atoms with Crippen molar-refractivity contribution in [2.75, 3.05) is 5.73 Å². The molecule has 4 aromatic rings. The van der Waals surface area contributed by atoms with Gasteiger partial charge in [0.05, 0.1) is 0 Å². The predicted molar refractivity (Wildman–Crippen MR) is 87.6 cm³/mol. The molecular weight excluding hydrogens is 290 g/mol. The van der Waals surface area contributed by atoms with Crippen molar-refractivity contribution in [2.45, 2.75) is 0 Å². The van der Waals surface area contributed by atoms with Gasteiger partial charge in [-0.15, -0.1) is 0 Å². The Kier molecular flexibility index (Phi) is 3.12. The van der Waals surface area contributed by atoms with Crippen LogP contribution >= 0.6 is 0 Å². The van der Waals surface area contributed by atoms with Crippen LogP contribution in [0.25, 0.3) is 16.6 Å². The molecule has 2 heterocycles. The molecule has 0 radical (unpaired) electrons. The molecule has 0 bridgehead atoms. The maximum atomic E-state index is 6.17. The fourth-order valence-electron chi connectivity index (χ4n) is 2.43. The van der Waals surface area contributed by atoms with Gasteiger partial charge in [-0.25, -0.2) is 9.97 Å². The molecule has 2 aromatic heterocycles. The van der Waals surface area contributed by atoms with E-state index < -0.39 is 0 Å². The van der Waals surface area contributed by atoms with Crippen LogP contribution in [0.3, 0.4) is 0 Å². The van der Waals surface area contributed by atoms with Crippen molar-refractivity contribution in [1.82, 2.24) is 19.5 Å². The number of hydrogen-bond donors (Lipinski definition) is 1. The quantitative estimate of drug-likeness (QED) is 0.629. The summed E-state index contributed by atoms with van der Waals surface area (Å²) in [6.45, 7) is 0. The summed E-state index contributed by atoms with van der Waals surface area (Å²) in [6.07, 6.45) is 6.47. The number of benzene rings is 2. The van der Waals surface area contributed by atoms with Gasteiger partial charge in [0, 0.05) is 17.8 Å². The molecule has 23 heavy (non-hydrogen) atoms. The zero-order valence-electron chi connectivity index (χ0n) is 12.1. The van der Waals surface area contributed by atoms with E-state index in [1.54, 1.807) is 23.3 Å². The highest BCUT2D eigenvalue weighted by Gasteiger charge is 2.12. The Bertz CT molecular complexity index is 961. The maximum absolute atomic E-state index is 6.17. The first-order valence-corrected chi connectivity index (χ1v) is 7.07. The predicted octanol–water partition coefficient (Wildman–Crippen LogP) is 3.19. The van der Waals surface area contributed by atoms with Crippen molar-refractivity contribution in [1.29, 1.82) is 0 Å². The number of nitrogens with zero attached hydrogens (tertiary/aromatic N) is 4. The van der Waals surface area contributed by atoms with Gasteiger partial charge in [0.25, 0.3) is 0 Å². The molecule has 0 fully saturated rings. The summed E-state index contributed by atoms with van der Waals surface area (Å²) < 4.78 is 7.67. The molecule has 0 aliphatic heterocycles. The lowest BCUT2D eigenvalue weighted by atomic mass is 10.1. The maximum Gasteiger partial charge on any atom is 0.248 e. The van der Waals surface area contributed by atoms with Crippen LogP contribution in [-0.2, 0) is 0 Å². The van der Waals surface area contributed by atoms with Crippen LogP contribution in [0.2, 0.25) is 0 Å². The summed E-state index contributed by atoms with van der Waals surface area (Å²) >= 11 is 0. The minimum atomic E-state index is 0.319. The molecule has 2 N–H and O–H groups in total. The number of hydrogen-bond acceptors (Lipinski definition) is 5. The third-order valence-corrected chi connectivity index (χ3v) is 3.53. The highest BCUT2D eigenvalue weighted by molar-refractivity contribution is 5.88. The topological polar surface area (TPSA) is 78.9 Å². The average molecular weight is 303 g/mol. The first-order valence-electron chi connectivity index (χ1n) is 7.07. The molecule has 0 spiro atoms. The lowest BCUT2D eigenvalue weighted by Gasteiger charge is -2.12. The van der Waals surface area contributed by atoms with Crippen molar-refractivity contribution in [3.63, 3.8) is 0 Å². The van der Waals surface area contributed by atoms with Crippen LogP contribution in [0, 0.1) is 0 Å². The van der Waals surface area contributed by atoms with Gasteiger partial charge in [-0.3, -0.25) is 4.57 Å². The standard InChI is InChI=1S/C17H13N5O/c18-15-16(22-9-8-19-11-22)20-10-21-17(15)23-14-7-3-5-12-4-1-2-6-13(12)14/h1-11H,18H2. The molecule has 0 atom stereocenters. The van der Waals surface area contributed by atoms with E-state index in [2.05, 4.69) is 15.0 Å². The monoisotopic (exact) mass is 303 g/mol. The van der Waals surface area contributed by atoms with Crippen LogP contribution in [0.1, 0.15) is 0 Å². The summed E-state index contributed by atoms with van der Waals surface area (Å²) in [5.41, 5.74) is 6.53. The number of ether oxygens (including phenoxy) is 1. The van der Waals surface area contributed by atoms with E-state index in [0.717, 1.165) is 10.8 Å². The second-order valence-electron chi connectivity index (χ2n) is 4.97. The molecule has 0 aliphatic carbocycles. The Morgan fingerprint density at radius 3 is 2.74 bits per heavy atom. The number of nitrogens with two attached hydrogens (primary N) is 1. The first kappa shape index (κ1) is 13.3. The highest BCUT2D eigenvalue weighted by atomic mass is 16.5. The molecule has 2 aromatic carbocycles. The zero-order chi connectivity index (χ0) is 15.6. The Labute approximate surface area is 132 Å². The number of imidazole rings is 1. The Hall–Kier alpha value is -3.41. The summed E-state index contributed by atoms with van der Waals surface area (Å²) in [5, 5.41) is 2.09. The minimum Gasteiger partial charge on any atom is -0.436 e. The fourth-order valence-corrected chi connectivity index (χ4v) is 2.43. The van der Waals surface area contributed by atoms with Gasteiger partial charge < -0.3 is 10.5 Å². The SMILES string of the molecule is Nc1c(Oc2cccc3ccccc23)ncnc1-n1ccnc1. The van der Waals surface area contributed by atoms with Gasteiger partial charge in [0.1, 0.15) is 24.1 Å².